The van der Waals surface area contributed by atoms with Gasteiger partial charge < -0.3 is 9.30 Å². The van der Waals surface area contributed by atoms with Crippen LogP contribution >= 0.6 is 11.8 Å². The van der Waals surface area contributed by atoms with Gasteiger partial charge in [0, 0.05) is 12.6 Å². The Morgan fingerprint density at radius 2 is 2.13 bits per heavy atom. The largest absolute Gasteiger partial charge is 0.450 e. The van der Waals surface area contributed by atoms with Crippen LogP contribution in [0.5, 0.6) is 0 Å². The minimum atomic E-state index is -0.739. The summed E-state index contributed by atoms with van der Waals surface area (Å²) < 4.78 is 6.46. The second kappa shape index (κ2) is 7.77. The molecule has 2 amide bonds. The number of imide groups is 1. The highest BCUT2D eigenvalue weighted by Gasteiger charge is 2.14. The third-order valence-electron chi connectivity index (χ3n) is 2.96. The zero-order valence-corrected chi connectivity index (χ0v) is 14.0. The molecule has 0 fully saturated rings. The number of rotatable bonds is 5. The number of nitrogens with zero attached hydrogens (tertiary/aromatic N) is 3. The lowest BCUT2D eigenvalue weighted by Crippen LogP contribution is -2.32. The van der Waals surface area contributed by atoms with Gasteiger partial charge in [0.15, 0.2) is 11.0 Å². The SMILES string of the molecule is CCOC(=O)NC(=O)CSc1nnc(-c2cccc(C)c2)n1C. The van der Waals surface area contributed by atoms with Crippen molar-refractivity contribution >= 4 is 23.8 Å². The Labute approximate surface area is 138 Å². The van der Waals surface area contributed by atoms with Crippen LogP contribution in [0.15, 0.2) is 29.4 Å². The third kappa shape index (κ3) is 4.56. The van der Waals surface area contributed by atoms with E-state index in [1.54, 1.807) is 6.92 Å². The number of benzene rings is 1. The molecule has 7 nitrogen and oxygen atoms in total. The summed E-state index contributed by atoms with van der Waals surface area (Å²) in [5, 5.41) is 11.0. The summed E-state index contributed by atoms with van der Waals surface area (Å²) in [5.74, 6) is 0.342. The van der Waals surface area contributed by atoms with Crippen molar-refractivity contribution in [2.75, 3.05) is 12.4 Å². The molecule has 2 aromatic rings. The molecule has 0 saturated heterocycles. The molecular weight excluding hydrogens is 316 g/mol. The van der Waals surface area contributed by atoms with Crippen LogP contribution in [0.25, 0.3) is 11.4 Å². The van der Waals surface area contributed by atoms with Gasteiger partial charge in [-0.1, -0.05) is 35.5 Å². The van der Waals surface area contributed by atoms with E-state index in [4.69, 9.17) is 0 Å². The molecular formula is C15H18N4O3S. The molecule has 0 bridgehead atoms. The fourth-order valence-electron chi connectivity index (χ4n) is 1.92. The van der Waals surface area contributed by atoms with E-state index in [1.165, 1.54) is 11.8 Å². The summed E-state index contributed by atoms with van der Waals surface area (Å²) in [4.78, 5) is 22.8. The molecule has 1 aromatic carbocycles. The zero-order chi connectivity index (χ0) is 16.8. The van der Waals surface area contributed by atoms with E-state index < -0.39 is 12.0 Å². The van der Waals surface area contributed by atoms with Crippen molar-refractivity contribution < 1.29 is 14.3 Å². The maximum atomic E-state index is 11.6. The molecule has 0 aliphatic heterocycles. The van der Waals surface area contributed by atoms with Gasteiger partial charge in [-0.2, -0.15) is 0 Å². The number of thioether (sulfide) groups is 1. The number of hydrogen-bond donors (Lipinski definition) is 1. The topological polar surface area (TPSA) is 86.1 Å². The Bertz CT molecular complexity index is 714. The molecule has 0 saturated carbocycles. The van der Waals surface area contributed by atoms with Gasteiger partial charge in [0.2, 0.25) is 5.91 Å². The van der Waals surface area contributed by atoms with Crippen LogP contribution in [0.1, 0.15) is 12.5 Å². The van der Waals surface area contributed by atoms with Crippen molar-refractivity contribution in [1.82, 2.24) is 20.1 Å². The number of hydrogen-bond acceptors (Lipinski definition) is 6. The van der Waals surface area contributed by atoms with Gasteiger partial charge in [0.25, 0.3) is 0 Å². The van der Waals surface area contributed by atoms with Crippen LogP contribution in [0.3, 0.4) is 0 Å². The molecule has 8 heteroatoms. The molecule has 0 aliphatic rings. The molecule has 2 rings (SSSR count). The Balaban J connectivity index is 2.00. The van der Waals surface area contributed by atoms with E-state index in [-0.39, 0.29) is 12.4 Å². The second-order valence-corrected chi connectivity index (χ2v) is 5.73. The Hall–Kier alpha value is -2.35. The number of aromatic nitrogens is 3. The number of carbonyl (C=O) groups excluding carboxylic acids is 2. The second-order valence-electron chi connectivity index (χ2n) is 4.79. The summed E-state index contributed by atoms with van der Waals surface area (Å²) in [7, 11) is 1.84. The Morgan fingerprint density at radius 1 is 1.35 bits per heavy atom. The molecule has 0 aliphatic carbocycles. The summed E-state index contributed by atoms with van der Waals surface area (Å²) in [6.45, 7) is 3.90. The van der Waals surface area contributed by atoms with E-state index in [9.17, 15) is 9.59 Å². The number of carbonyl (C=O) groups is 2. The molecule has 0 radical (unpaired) electrons. The van der Waals surface area contributed by atoms with Crippen LogP contribution in [0, 0.1) is 6.92 Å². The van der Waals surface area contributed by atoms with Crippen LogP contribution < -0.4 is 5.32 Å². The smallest absolute Gasteiger partial charge is 0.413 e. The number of nitrogens with one attached hydrogen (secondary N) is 1. The van der Waals surface area contributed by atoms with Crippen LogP contribution in [0.2, 0.25) is 0 Å². The lowest BCUT2D eigenvalue weighted by Gasteiger charge is -2.05. The van der Waals surface area contributed by atoms with Crippen LogP contribution in [-0.4, -0.2) is 39.1 Å². The van der Waals surface area contributed by atoms with Gasteiger partial charge >= 0.3 is 6.09 Å². The first kappa shape index (κ1) is 17.0. The molecule has 1 N–H and O–H groups in total. The van der Waals surface area contributed by atoms with Crippen molar-refractivity contribution in [3.8, 4) is 11.4 Å². The quantitative estimate of drug-likeness (QED) is 0.843. The van der Waals surface area contributed by atoms with Gasteiger partial charge in [-0.05, 0) is 19.9 Å². The van der Waals surface area contributed by atoms with Gasteiger partial charge in [-0.3, -0.25) is 10.1 Å². The third-order valence-corrected chi connectivity index (χ3v) is 3.98. The maximum absolute atomic E-state index is 11.6. The highest BCUT2D eigenvalue weighted by molar-refractivity contribution is 7.99. The van der Waals surface area contributed by atoms with E-state index >= 15 is 0 Å². The lowest BCUT2D eigenvalue weighted by molar-refractivity contribution is -0.117. The zero-order valence-electron chi connectivity index (χ0n) is 13.2. The predicted octanol–water partition coefficient (Wildman–Crippen LogP) is 2.16. The normalized spacial score (nSPS) is 10.4. The minimum absolute atomic E-state index is 0.0542. The van der Waals surface area contributed by atoms with Gasteiger partial charge in [-0.25, -0.2) is 4.79 Å². The first-order valence-corrected chi connectivity index (χ1v) is 8.05. The average molecular weight is 334 g/mol. The molecule has 122 valence electrons. The van der Waals surface area contributed by atoms with E-state index in [0.29, 0.717) is 5.16 Å². The Morgan fingerprint density at radius 3 is 2.83 bits per heavy atom. The average Bonchev–Trinajstić information content (AvgIpc) is 2.86. The highest BCUT2D eigenvalue weighted by Crippen LogP contribution is 2.23. The number of alkyl carbamates (subject to hydrolysis) is 1. The molecule has 0 spiro atoms. The monoisotopic (exact) mass is 334 g/mol. The van der Waals surface area contributed by atoms with Crippen molar-refractivity contribution in [2.45, 2.75) is 19.0 Å². The Kier molecular flexibility index (Phi) is 5.75. The summed E-state index contributed by atoms with van der Waals surface area (Å²) in [6.07, 6.45) is -0.739. The number of amides is 2. The number of aryl methyl sites for hydroxylation is 1. The highest BCUT2D eigenvalue weighted by atomic mass is 32.2. The fraction of sp³-hybridized carbons (Fsp3) is 0.333. The molecule has 0 atom stereocenters. The van der Waals surface area contributed by atoms with Crippen molar-refractivity contribution in [1.29, 1.82) is 0 Å². The van der Waals surface area contributed by atoms with Crippen molar-refractivity contribution in [3.05, 3.63) is 29.8 Å². The summed E-state index contributed by atoms with van der Waals surface area (Å²) >= 11 is 1.20. The van der Waals surface area contributed by atoms with Gasteiger partial charge in [0.1, 0.15) is 0 Å². The van der Waals surface area contributed by atoms with E-state index in [0.717, 1.165) is 17.0 Å². The van der Waals surface area contributed by atoms with E-state index in [2.05, 4.69) is 20.3 Å². The first-order valence-electron chi connectivity index (χ1n) is 7.07. The molecule has 23 heavy (non-hydrogen) atoms. The molecule has 0 unspecified atom stereocenters. The predicted molar refractivity (Wildman–Crippen MR) is 87.1 cm³/mol. The van der Waals surface area contributed by atoms with Crippen molar-refractivity contribution in [2.24, 2.45) is 7.05 Å². The summed E-state index contributed by atoms with van der Waals surface area (Å²) in [5.41, 5.74) is 2.09. The van der Waals surface area contributed by atoms with Crippen LogP contribution in [-0.2, 0) is 16.6 Å². The lowest BCUT2D eigenvalue weighted by atomic mass is 10.1. The van der Waals surface area contributed by atoms with Crippen molar-refractivity contribution in [3.63, 3.8) is 0 Å². The standard InChI is InChI=1S/C15H18N4O3S/c1-4-22-15(21)16-12(20)9-23-14-18-17-13(19(14)3)11-7-5-6-10(2)8-11/h5-8H,4,9H2,1-3H3,(H,16,20,21). The van der Waals surface area contributed by atoms with Crippen LogP contribution in [0.4, 0.5) is 4.79 Å². The first-order chi connectivity index (χ1) is 11.0. The van der Waals surface area contributed by atoms with E-state index in [1.807, 2.05) is 42.8 Å². The van der Waals surface area contributed by atoms with Gasteiger partial charge in [-0.15, -0.1) is 10.2 Å². The minimum Gasteiger partial charge on any atom is -0.450 e. The summed E-state index contributed by atoms with van der Waals surface area (Å²) in [6, 6.07) is 7.94. The molecule has 1 aromatic heterocycles. The molecule has 1 heterocycles. The van der Waals surface area contributed by atoms with Gasteiger partial charge in [0.05, 0.1) is 12.4 Å². The maximum Gasteiger partial charge on any atom is 0.413 e. The number of ether oxygens (including phenoxy) is 1. The fourth-order valence-corrected chi connectivity index (χ4v) is 2.63.